The van der Waals surface area contributed by atoms with Gasteiger partial charge in [0, 0.05) is 15.6 Å². The van der Waals surface area contributed by atoms with Crippen molar-refractivity contribution in [2.75, 3.05) is 11.1 Å². The Morgan fingerprint density at radius 2 is 2.04 bits per heavy atom. The average Bonchev–Trinajstić information content (AvgIpc) is 2.92. The summed E-state index contributed by atoms with van der Waals surface area (Å²) in [6, 6.07) is 3.83. The quantitative estimate of drug-likeness (QED) is 0.643. The van der Waals surface area contributed by atoms with Crippen LogP contribution in [0.4, 0.5) is 5.69 Å². The van der Waals surface area contributed by atoms with Crippen molar-refractivity contribution in [3.8, 4) is 0 Å². The third kappa shape index (κ3) is 5.22. The van der Waals surface area contributed by atoms with Gasteiger partial charge in [-0.25, -0.2) is 4.98 Å². The second kappa shape index (κ2) is 9.39. The first kappa shape index (κ1) is 20.7. The molecule has 0 saturated carbocycles. The van der Waals surface area contributed by atoms with E-state index >= 15 is 0 Å². The summed E-state index contributed by atoms with van der Waals surface area (Å²) in [5.74, 6) is -0.251. The molecule has 2 aromatic rings. The largest absolute Gasteiger partial charge is 0.369 e. The number of hydrogen-bond donors (Lipinski definition) is 2. The summed E-state index contributed by atoms with van der Waals surface area (Å²) in [6.45, 7) is 5.90. The van der Waals surface area contributed by atoms with Gasteiger partial charge in [-0.3, -0.25) is 9.59 Å². The standard InChI is InChI=1S/C18H22ClN3O2S2/c1-4-11-6-7-13(19)12(5-2)17(11)22-16(24)9-25-18-21-10(3)14(26-18)8-15(20)23/h6-7H,4-5,8-9H2,1-3H3,(H2,20,23)(H,22,24). The molecule has 0 saturated heterocycles. The van der Waals surface area contributed by atoms with Crippen molar-refractivity contribution in [1.82, 2.24) is 4.98 Å². The molecule has 1 aromatic carbocycles. The zero-order valence-corrected chi connectivity index (χ0v) is 17.4. The highest BCUT2D eigenvalue weighted by atomic mass is 35.5. The number of carbonyl (C=O) groups is 2. The van der Waals surface area contributed by atoms with Crippen molar-refractivity contribution in [2.24, 2.45) is 5.73 Å². The van der Waals surface area contributed by atoms with Crippen molar-refractivity contribution in [3.05, 3.63) is 38.9 Å². The maximum Gasteiger partial charge on any atom is 0.234 e. The summed E-state index contributed by atoms with van der Waals surface area (Å²) >= 11 is 9.03. The van der Waals surface area contributed by atoms with Crippen LogP contribution in [0, 0.1) is 6.92 Å². The van der Waals surface area contributed by atoms with Gasteiger partial charge < -0.3 is 11.1 Å². The number of nitrogens with zero attached hydrogens (tertiary/aromatic N) is 1. The minimum atomic E-state index is -0.383. The third-order valence-corrected chi connectivity index (χ3v) is 6.53. The van der Waals surface area contributed by atoms with E-state index in [1.165, 1.54) is 23.1 Å². The predicted octanol–water partition coefficient (Wildman–Crippen LogP) is 3.99. The Bertz CT molecular complexity index is 821. The first-order valence-corrected chi connectivity index (χ1v) is 10.5. The number of halogens is 1. The number of carbonyl (C=O) groups excluding carboxylic acids is 2. The summed E-state index contributed by atoms with van der Waals surface area (Å²) in [5, 5.41) is 3.67. The Hall–Kier alpha value is -1.57. The Morgan fingerprint density at radius 3 is 2.65 bits per heavy atom. The van der Waals surface area contributed by atoms with Crippen molar-refractivity contribution in [3.63, 3.8) is 0 Å². The molecular weight excluding hydrogens is 390 g/mol. The molecule has 0 bridgehead atoms. The van der Waals surface area contributed by atoms with Crippen LogP contribution >= 0.6 is 34.7 Å². The topological polar surface area (TPSA) is 85.1 Å². The van der Waals surface area contributed by atoms with E-state index in [2.05, 4.69) is 10.3 Å². The van der Waals surface area contributed by atoms with Crippen LogP contribution in [0.15, 0.2) is 16.5 Å². The fourth-order valence-corrected chi connectivity index (χ4v) is 4.89. The lowest BCUT2D eigenvalue weighted by Crippen LogP contribution is -2.17. The number of primary amides is 1. The van der Waals surface area contributed by atoms with E-state index in [-0.39, 0.29) is 24.0 Å². The van der Waals surface area contributed by atoms with Gasteiger partial charge in [-0.2, -0.15) is 0 Å². The molecule has 26 heavy (non-hydrogen) atoms. The van der Waals surface area contributed by atoms with E-state index in [9.17, 15) is 9.59 Å². The highest BCUT2D eigenvalue weighted by molar-refractivity contribution is 8.01. The van der Waals surface area contributed by atoms with Gasteiger partial charge in [0.2, 0.25) is 11.8 Å². The number of thiazole rings is 1. The lowest BCUT2D eigenvalue weighted by atomic mass is 10.0. The van der Waals surface area contributed by atoms with Crippen LogP contribution in [0.1, 0.15) is 35.5 Å². The van der Waals surface area contributed by atoms with E-state index in [0.29, 0.717) is 5.02 Å². The average molecular weight is 412 g/mol. The molecule has 1 heterocycles. The molecular formula is C18H22ClN3O2S2. The minimum Gasteiger partial charge on any atom is -0.369 e. The SMILES string of the molecule is CCc1ccc(Cl)c(CC)c1NC(=O)CSc1nc(C)c(CC(N)=O)s1. The highest BCUT2D eigenvalue weighted by Gasteiger charge is 2.15. The molecule has 140 valence electrons. The highest BCUT2D eigenvalue weighted by Crippen LogP contribution is 2.31. The zero-order chi connectivity index (χ0) is 19.3. The van der Waals surface area contributed by atoms with E-state index in [1.807, 2.05) is 32.9 Å². The van der Waals surface area contributed by atoms with Gasteiger partial charge in [0.1, 0.15) is 0 Å². The molecule has 0 atom stereocenters. The molecule has 2 amide bonds. The third-order valence-electron chi connectivity index (χ3n) is 3.88. The van der Waals surface area contributed by atoms with Gasteiger partial charge >= 0.3 is 0 Å². The fraction of sp³-hybridized carbons (Fsp3) is 0.389. The first-order valence-electron chi connectivity index (χ1n) is 8.33. The minimum absolute atomic E-state index is 0.106. The number of rotatable bonds is 8. The van der Waals surface area contributed by atoms with E-state index in [4.69, 9.17) is 17.3 Å². The number of amides is 2. The van der Waals surface area contributed by atoms with Gasteiger partial charge in [0.25, 0.3) is 0 Å². The molecule has 0 aliphatic rings. The van der Waals surface area contributed by atoms with Crippen molar-refractivity contribution < 1.29 is 9.59 Å². The fourth-order valence-electron chi connectivity index (χ4n) is 2.56. The molecule has 5 nitrogen and oxygen atoms in total. The molecule has 0 aliphatic heterocycles. The zero-order valence-electron chi connectivity index (χ0n) is 15.0. The van der Waals surface area contributed by atoms with Gasteiger partial charge in [-0.1, -0.05) is 43.3 Å². The summed E-state index contributed by atoms with van der Waals surface area (Å²) in [6.07, 6.45) is 1.74. The van der Waals surface area contributed by atoms with E-state index < -0.39 is 0 Å². The van der Waals surface area contributed by atoms with E-state index in [0.717, 1.165) is 44.6 Å². The van der Waals surface area contributed by atoms with Crippen molar-refractivity contribution in [2.45, 2.75) is 44.4 Å². The van der Waals surface area contributed by atoms with Crippen LogP contribution in [0.5, 0.6) is 0 Å². The molecule has 0 unspecified atom stereocenters. The monoisotopic (exact) mass is 411 g/mol. The molecule has 3 N–H and O–H groups in total. The number of anilines is 1. The van der Waals surface area contributed by atoms with Crippen LogP contribution in [-0.2, 0) is 28.9 Å². The van der Waals surface area contributed by atoms with Crippen LogP contribution in [-0.4, -0.2) is 22.6 Å². The van der Waals surface area contributed by atoms with E-state index in [1.54, 1.807) is 0 Å². The van der Waals surface area contributed by atoms with Crippen LogP contribution in [0.25, 0.3) is 0 Å². The lowest BCUT2D eigenvalue weighted by Gasteiger charge is -2.15. The maximum absolute atomic E-state index is 12.4. The molecule has 0 spiro atoms. The predicted molar refractivity (Wildman–Crippen MR) is 109 cm³/mol. The Morgan fingerprint density at radius 1 is 1.31 bits per heavy atom. The number of benzene rings is 1. The number of aromatic nitrogens is 1. The Balaban J connectivity index is 2.06. The first-order chi connectivity index (χ1) is 12.3. The Labute approximate surface area is 166 Å². The van der Waals surface area contributed by atoms with Crippen LogP contribution in [0.2, 0.25) is 5.02 Å². The smallest absolute Gasteiger partial charge is 0.234 e. The van der Waals surface area contributed by atoms with Gasteiger partial charge in [0.15, 0.2) is 4.34 Å². The second-order valence-corrected chi connectivity index (χ2v) is 8.45. The van der Waals surface area contributed by atoms with Crippen LogP contribution < -0.4 is 11.1 Å². The van der Waals surface area contributed by atoms with Crippen molar-refractivity contribution in [1.29, 1.82) is 0 Å². The summed E-state index contributed by atoms with van der Waals surface area (Å²) in [7, 11) is 0. The molecule has 1 aromatic heterocycles. The summed E-state index contributed by atoms with van der Waals surface area (Å²) < 4.78 is 0.756. The molecule has 8 heteroatoms. The van der Waals surface area contributed by atoms with Gasteiger partial charge in [-0.15, -0.1) is 11.3 Å². The molecule has 2 rings (SSSR count). The molecule has 0 fully saturated rings. The molecule has 0 aliphatic carbocycles. The van der Waals surface area contributed by atoms with Gasteiger partial charge in [-0.05, 0) is 37.0 Å². The second-order valence-electron chi connectivity index (χ2n) is 5.74. The number of nitrogens with one attached hydrogen (secondary N) is 1. The lowest BCUT2D eigenvalue weighted by molar-refractivity contribution is -0.117. The normalized spacial score (nSPS) is 10.8. The number of nitrogens with two attached hydrogens (primary N) is 1. The molecule has 0 radical (unpaired) electrons. The van der Waals surface area contributed by atoms with Crippen LogP contribution in [0.3, 0.4) is 0 Å². The summed E-state index contributed by atoms with van der Waals surface area (Å²) in [4.78, 5) is 28.7. The van der Waals surface area contributed by atoms with Gasteiger partial charge in [0.05, 0.1) is 17.9 Å². The van der Waals surface area contributed by atoms with Crippen molar-refractivity contribution >= 4 is 52.2 Å². The maximum atomic E-state index is 12.4. The number of aryl methyl sites for hydroxylation is 2. The summed E-state index contributed by atoms with van der Waals surface area (Å²) in [5.41, 5.74) is 8.86. The Kier molecular flexibility index (Phi) is 7.49. The number of hydrogen-bond acceptors (Lipinski definition) is 5. The number of thioether (sulfide) groups is 1.